The summed E-state index contributed by atoms with van der Waals surface area (Å²) in [6, 6.07) is -0.781. The predicted octanol–water partition coefficient (Wildman–Crippen LogP) is 2.91. The van der Waals surface area contributed by atoms with Gasteiger partial charge in [0.15, 0.2) is 0 Å². The molecule has 1 aromatic heterocycles. The summed E-state index contributed by atoms with van der Waals surface area (Å²) < 4.78 is 48.6. The predicted molar refractivity (Wildman–Crippen MR) is 84.2 cm³/mol. The minimum absolute atomic E-state index is 0.0827. The molecule has 1 atom stereocenters. The summed E-state index contributed by atoms with van der Waals surface area (Å²) in [6.07, 6.45) is -3.17. The van der Waals surface area contributed by atoms with E-state index >= 15 is 0 Å². The van der Waals surface area contributed by atoms with Gasteiger partial charge >= 0.3 is 18.2 Å². The van der Waals surface area contributed by atoms with E-state index in [1.807, 2.05) is 5.10 Å². The van der Waals surface area contributed by atoms with E-state index in [-0.39, 0.29) is 18.6 Å². The molecule has 7 nitrogen and oxygen atoms in total. The lowest BCUT2D eigenvalue weighted by molar-refractivity contribution is -0.148. The molecule has 1 aliphatic heterocycles. The SMILES string of the molecule is CC(C)(C)OC(=O)N1CCCC1C(=O)OCCc1cn[nH]c1C(F)(F)F. The lowest BCUT2D eigenvalue weighted by atomic mass is 10.2. The monoisotopic (exact) mass is 377 g/mol. The first-order chi connectivity index (χ1) is 12.0. The Bertz CT molecular complexity index is 652. The molecule has 10 heteroatoms. The van der Waals surface area contributed by atoms with Crippen LogP contribution in [0.2, 0.25) is 0 Å². The second kappa shape index (κ2) is 7.55. The minimum atomic E-state index is -4.55. The van der Waals surface area contributed by atoms with Crippen molar-refractivity contribution in [1.29, 1.82) is 0 Å². The van der Waals surface area contributed by atoms with Gasteiger partial charge in [-0.2, -0.15) is 18.3 Å². The van der Waals surface area contributed by atoms with Gasteiger partial charge in [0.25, 0.3) is 0 Å². The summed E-state index contributed by atoms with van der Waals surface area (Å²) in [4.78, 5) is 25.7. The minimum Gasteiger partial charge on any atom is -0.464 e. The molecule has 0 spiro atoms. The maximum atomic E-state index is 12.8. The number of aromatic nitrogens is 2. The number of amides is 1. The van der Waals surface area contributed by atoms with Crippen LogP contribution >= 0.6 is 0 Å². The number of H-pyrrole nitrogens is 1. The van der Waals surface area contributed by atoms with Crippen LogP contribution in [0.4, 0.5) is 18.0 Å². The third-order valence-corrected chi connectivity index (χ3v) is 3.77. The molecule has 1 unspecified atom stereocenters. The first kappa shape index (κ1) is 20.1. The second-order valence-corrected chi connectivity index (χ2v) is 7.02. The highest BCUT2D eigenvalue weighted by Crippen LogP contribution is 2.30. The molecule has 0 bridgehead atoms. The Hall–Kier alpha value is -2.26. The fraction of sp³-hybridized carbons (Fsp3) is 0.688. The summed E-state index contributed by atoms with van der Waals surface area (Å²) in [6.45, 7) is 5.29. The average molecular weight is 377 g/mol. The Balaban J connectivity index is 1.89. The highest BCUT2D eigenvalue weighted by molar-refractivity contribution is 5.82. The van der Waals surface area contributed by atoms with Gasteiger partial charge in [-0.3, -0.25) is 10.00 Å². The van der Waals surface area contributed by atoms with Crippen LogP contribution in [0.25, 0.3) is 0 Å². The molecular weight excluding hydrogens is 355 g/mol. The summed E-state index contributed by atoms with van der Waals surface area (Å²) in [5.74, 6) is -0.648. The number of carbonyl (C=O) groups is 2. The van der Waals surface area contributed by atoms with Gasteiger partial charge in [0.1, 0.15) is 17.3 Å². The number of hydrogen-bond donors (Lipinski definition) is 1. The molecule has 146 valence electrons. The molecule has 26 heavy (non-hydrogen) atoms. The number of carbonyl (C=O) groups excluding carboxylic acids is 2. The zero-order chi connectivity index (χ0) is 19.5. The molecule has 0 aliphatic carbocycles. The topological polar surface area (TPSA) is 84.5 Å². The molecule has 1 amide bonds. The molecule has 1 fully saturated rings. The van der Waals surface area contributed by atoms with Gasteiger partial charge in [0, 0.05) is 18.5 Å². The highest BCUT2D eigenvalue weighted by Gasteiger charge is 2.38. The Morgan fingerprint density at radius 1 is 1.35 bits per heavy atom. The summed E-state index contributed by atoms with van der Waals surface area (Å²) in [7, 11) is 0. The maximum Gasteiger partial charge on any atom is 0.433 e. The largest absolute Gasteiger partial charge is 0.464 e. The number of halogens is 3. The molecule has 0 radical (unpaired) electrons. The number of likely N-dealkylation sites (tertiary alicyclic amines) is 1. The maximum absolute atomic E-state index is 12.8. The Morgan fingerprint density at radius 2 is 2.04 bits per heavy atom. The number of nitrogens with one attached hydrogen (secondary N) is 1. The quantitative estimate of drug-likeness (QED) is 0.816. The van der Waals surface area contributed by atoms with Crippen LogP contribution in [0.3, 0.4) is 0 Å². The van der Waals surface area contributed by atoms with Crippen molar-refractivity contribution in [3.63, 3.8) is 0 Å². The standard InChI is InChI=1S/C16H22F3N3O4/c1-15(2,3)26-14(24)22-7-4-5-11(22)13(23)25-8-6-10-9-20-21-12(10)16(17,18)19/h9,11H,4-8H2,1-3H3,(H,20,21). The first-order valence-electron chi connectivity index (χ1n) is 8.25. The van der Waals surface area contributed by atoms with Crippen LogP contribution in [0.1, 0.15) is 44.9 Å². The van der Waals surface area contributed by atoms with Crippen LogP contribution in [0, 0.1) is 0 Å². The normalized spacial score (nSPS) is 18.1. The number of aromatic amines is 1. The van der Waals surface area contributed by atoms with E-state index < -0.39 is 35.6 Å². The Kier molecular flexibility index (Phi) is 5.82. The molecule has 2 heterocycles. The lowest BCUT2D eigenvalue weighted by Gasteiger charge is -2.27. The van der Waals surface area contributed by atoms with Crippen LogP contribution in [0.15, 0.2) is 6.20 Å². The van der Waals surface area contributed by atoms with Crippen molar-refractivity contribution in [3.05, 3.63) is 17.5 Å². The van der Waals surface area contributed by atoms with E-state index in [0.717, 1.165) is 6.20 Å². The summed E-state index contributed by atoms with van der Waals surface area (Å²) in [5, 5.41) is 5.28. The van der Waals surface area contributed by atoms with Gasteiger partial charge in [-0.05, 0) is 33.6 Å². The number of ether oxygens (including phenoxy) is 2. The summed E-state index contributed by atoms with van der Waals surface area (Å²) >= 11 is 0. The number of alkyl halides is 3. The van der Waals surface area contributed by atoms with Crippen molar-refractivity contribution in [1.82, 2.24) is 15.1 Å². The highest BCUT2D eigenvalue weighted by atomic mass is 19.4. The molecule has 1 aromatic rings. The van der Waals surface area contributed by atoms with Crippen LogP contribution in [-0.2, 0) is 26.9 Å². The number of hydrogen-bond acceptors (Lipinski definition) is 5. The van der Waals surface area contributed by atoms with E-state index in [9.17, 15) is 22.8 Å². The van der Waals surface area contributed by atoms with Crippen molar-refractivity contribution in [3.8, 4) is 0 Å². The fourth-order valence-electron chi connectivity index (χ4n) is 2.65. The second-order valence-electron chi connectivity index (χ2n) is 7.02. The zero-order valence-corrected chi connectivity index (χ0v) is 14.9. The van der Waals surface area contributed by atoms with Gasteiger partial charge in [-0.25, -0.2) is 9.59 Å². The van der Waals surface area contributed by atoms with Crippen molar-refractivity contribution in [2.24, 2.45) is 0 Å². The smallest absolute Gasteiger partial charge is 0.433 e. The van der Waals surface area contributed by atoms with E-state index in [1.54, 1.807) is 20.8 Å². The van der Waals surface area contributed by atoms with E-state index in [0.29, 0.717) is 19.4 Å². The van der Waals surface area contributed by atoms with Crippen molar-refractivity contribution < 1.29 is 32.2 Å². The van der Waals surface area contributed by atoms with E-state index in [1.165, 1.54) is 4.90 Å². The van der Waals surface area contributed by atoms with Crippen LogP contribution < -0.4 is 0 Å². The molecule has 2 rings (SSSR count). The third kappa shape index (κ3) is 5.12. The summed E-state index contributed by atoms with van der Waals surface area (Å²) in [5.41, 5.74) is -1.73. The molecule has 1 aliphatic rings. The Labute approximate surface area is 148 Å². The van der Waals surface area contributed by atoms with Gasteiger partial charge < -0.3 is 9.47 Å². The number of nitrogens with zero attached hydrogens (tertiary/aromatic N) is 2. The van der Waals surface area contributed by atoms with Gasteiger partial charge in [-0.1, -0.05) is 0 Å². The van der Waals surface area contributed by atoms with E-state index in [4.69, 9.17) is 9.47 Å². The van der Waals surface area contributed by atoms with Gasteiger partial charge in [0.05, 0.1) is 12.8 Å². The number of esters is 1. The van der Waals surface area contributed by atoms with Crippen LogP contribution in [-0.4, -0.2) is 52.0 Å². The molecule has 0 saturated carbocycles. The van der Waals surface area contributed by atoms with Crippen LogP contribution in [0.5, 0.6) is 0 Å². The van der Waals surface area contributed by atoms with E-state index in [2.05, 4.69) is 5.10 Å². The van der Waals surface area contributed by atoms with Crippen molar-refractivity contribution in [2.45, 2.75) is 57.9 Å². The molecule has 1 N–H and O–H groups in total. The fourth-order valence-corrected chi connectivity index (χ4v) is 2.65. The Morgan fingerprint density at radius 3 is 2.65 bits per heavy atom. The zero-order valence-electron chi connectivity index (χ0n) is 14.9. The lowest BCUT2D eigenvalue weighted by Crippen LogP contribution is -2.44. The molecule has 1 saturated heterocycles. The van der Waals surface area contributed by atoms with Gasteiger partial charge in [0.2, 0.25) is 0 Å². The molecule has 0 aromatic carbocycles. The van der Waals surface area contributed by atoms with Gasteiger partial charge in [-0.15, -0.1) is 0 Å². The third-order valence-electron chi connectivity index (χ3n) is 3.77. The van der Waals surface area contributed by atoms with Crippen molar-refractivity contribution in [2.75, 3.05) is 13.2 Å². The number of rotatable bonds is 4. The average Bonchev–Trinajstić information content (AvgIpc) is 3.13. The van der Waals surface area contributed by atoms with Crippen molar-refractivity contribution >= 4 is 12.1 Å². The first-order valence-corrected chi connectivity index (χ1v) is 8.25. The molecular formula is C16H22F3N3O4.